The van der Waals surface area contributed by atoms with Crippen LogP contribution < -0.4 is 11.2 Å². The van der Waals surface area contributed by atoms with E-state index in [1.807, 2.05) is 24.3 Å². The van der Waals surface area contributed by atoms with Crippen molar-refractivity contribution >= 4 is 17.2 Å². The van der Waals surface area contributed by atoms with E-state index in [2.05, 4.69) is 27.6 Å². The molecule has 5 nitrogen and oxygen atoms in total. The fourth-order valence-corrected chi connectivity index (χ4v) is 2.19. The molecule has 0 bridgehead atoms. The van der Waals surface area contributed by atoms with Crippen molar-refractivity contribution in [2.75, 3.05) is 5.43 Å². The van der Waals surface area contributed by atoms with Crippen LogP contribution in [0.15, 0.2) is 83.1 Å². The van der Waals surface area contributed by atoms with Crippen LogP contribution in [0.1, 0.15) is 16.7 Å². The van der Waals surface area contributed by atoms with Crippen molar-refractivity contribution in [3.05, 3.63) is 95.3 Å². The van der Waals surface area contributed by atoms with Gasteiger partial charge in [0.15, 0.2) is 0 Å². The van der Waals surface area contributed by atoms with Crippen molar-refractivity contribution < 1.29 is 4.39 Å². The molecule has 0 heterocycles. The van der Waals surface area contributed by atoms with Gasteiger partial charge in [-0.1, -0.05) is 23.1 Å². The molecule has 0 aliphatic heterocycles. The van der Waals surface area contributed by atoms with Crippen LogP contribution in [0.4, 0.5) is 15.8 Å². The minimum absolute atomic E-state index is 0.00942. The number of rotatable bonds is 4. The van der Waals surface area contributed by atoms with Gasteiger partial charge in [0, 0.05) is 16.7 Å². The average Bonchev–Trinajstić information content (AvgIpc) is 2.68. The Morgan fingerprint density at radius 2 is 1.63 bits per heavy atom. The third kappa shape index (κ3) is 5.25. The molecule has 4 N–H and O–H groups in total. The van der Waals surface area contributed by atoms with Gasteiger partial charge in [-0.15, -0.1) is 5.11 Å². The Hall–Kier alpha value is -3.98. The summed E-state index contributed by atoms with van der Waals surface area (Å²) in [6.07, 6.45) is 0. The third-order valence-electron chi connectivity index (χ3n) is 3.58. The Balaban J connectivity index is 1.65. The summed E-state index contributed by atoms with van der Waals surface area (Å²) in [6, 6.07) is 20.3. The highest BCUT2D eigenvalue weighted by Crippen LogP contribution is 2.15. The van der Waals surface area contributed by atoms with E-state index in [1.54, 1.807) is 36.4 Å². The standard InChI is InChI=1S/C21H16FN5/c22-18-10-6-15(7-11-18)4-5-16-2-1-3-20(14-16)26-27-25-19-12-8-17(9-13-19)21(23)24/h1-3,6-14H,(H3,23,24)(H,25,26). The molecule has 0 fully saturated rings. The zero-order valence-corrected chi connectivity index (χ0v) is 14.3. The van der Waals surface area contributed by atoms with Crippen LogP contribution in [-0.2, 0) is 0 Å². The Morgan fingerprint density at radius 1 is 0.926 bits per heavy atom. The summed E-state index contributed by atoms with van der Waals surface area (Å²) >= 11 is 0. The second kappa shape index (κ2) is 8.41. The van der Waals surface area contributed by atoms with E-state index in [0.29, 0.717) is 11.3 Å². The van der Waals surface area contributed by atoms with E-state index < -0.39 is 0 Å². The molecule has 0 spiro atoms. The lowest BCUT2D eigenvalue weighted by molar-refractivity contribution is 0.627. The molecule has 3 rings (SSSR count). The lowest BCUT2D eigenvalue weighted by Gasteiger charge is -2.00. The first-order valence-electron chi connectivity index (χ1n) is 8.09. The fraction of sp³-hybridized carbons (Fsp3) is 0. The maximum atomic E-state index is 12.9. The Bertz CT molecular complexity index is 1030. The molecule has 0 radical (unpaired) electrons. The van der Waals surface area contributed by atoms with Crippen LogP contribution in [-0.4, -0.2) is 5.84 Å². The van der Waals surface area contributed by atoms with Gasteiger partial charge in [-0.3, -0.25) is 10.8 Å². The Morgan fingerprint density at radius 3 is 2.33 bits per heavy atom. The molecule has 0 aliphatic rings. The van der Waals surface area contributed by atoms with Crippen LogP contribution >= 0.6 is 0 Å². The average molecular weight is 357 g/mol. The summed E-state index contributed by atoms with van der Waals surface area (Å²) in [4.78, 5) is 0. The zero-order chi connectivity index (χ0) is 19.1. The van der Waals surface area contributed by atoms with Crippen molar-refractivity contribution in [2.24, 2.45) is 16.1 Å². The quantitative estimate of drug-likeness (QED) is 0.209. The second-order valence-corrected chi connectivity index (χ2v) is 5.61. The number of nitrogens with two attached hydrogens (primary N) is 1. The number of nitrogens with zero attached hydrogens (tertiary/aromatic N) is 2. The monoisotopic (exact) mass is 357 g/mol. The van der Waals surface area contributed by atoms with Crippen molar-refractivity contribution in [2.45, 2.75) is 0 Å². The number of nitrogens with one attached hydrogen (secondary N) is 2. The van der Waals surface area contributed by atoms with Crippen molar-refractivity contribution in [1.29, 1.82) is 5.41 Å². The smallest absolute Gasteiger partial charge is 0.123 e. The maximum absolute atomic E-state index is 12.9. The molecule has 3 aromatic rings. The number of nitrogen functional groups attached to an aromatic ring is 1. The molecule has 0 aromatic heterocycles. The number of amidine groups is 1. The van der Waals surface area contributed by atoms with Gasteiger partial charge in [0.05, 0.1) is 11.4 Å². The highest BCUT2D eigenvalue weighted by atomic mass is 19.1. The lowest BCUT2D eigenvalue weighted by Crippen LogP contribution is -2.10. The summed E-state index contributed by atoms with van der Waals surface area (Å²) in [6.45, 7) is 0. The zero-order valence-electron chi connectivity index (χ0n) is 14.3. The summed E-state index contributed by atoms with van der Waals surface area (Å²) in [7, 11) is 0. The largest absolute Gasteiger partial charge is 0.384 e. The van der Waals surface area contributed by atoms with Crippen molar-refractivity contribution in [3.63, 3.8) is 0 Å². The summed E-state index contributed by atoms with van der Waals surface area (Å²) in [5.74, 6) is 5.74. The minimum atomic E-state index is -0.284. The van der Waals surface area contributed by atoms with E-state index in [-0.39, 0.29) is 11.7 Å². The molecule has 0 amide bonds. The number of hydrogen-bond donors (Lipinski definition) is 3. The van der Waals surface area contributed by atoms with E-state index in [9.17, 15) is 4.39 Å². The van der Waals surface area contributed by atoms with Crippen LogP contribution in [0.5, 0.6) is 0 Å². The summed E-state index contributed by atoms with van der Waals surface area (Å²) in [5, 5.41) is 15.4. The van der Waals surface area contributed by atoms with Gasteiger partial charge >= 0.3 is 0 Å². The molecule has 6 heteroatoms. The van der Waals surface area contributed by atoms with Crippen molar-refractivity contribution in [3.8, 4) is 11.8 Å². The van der Waals surface area contributed by atoms with E-state index >= 15 is 0 Å². The van der Waals surface area contributed by atoms with Gasteiger partial charge in [-0.2, -0.15) is 0 Å². The highest BCUT2D eigenvalue weighted by Gasteiger charge is 1.96. The molecule has 0 saturated heterocycles. The van der Waals surface area contributed by atoms with Gasteiger partial charge in [0.2, 0.25) is 0 Å². The minimum Gasteiger partial charge on any atom is -0.384 e. The second-order valence-electron chi connectivity index (χ2n) is 5.61. The van der Waals surface area contributed by atoms with Crippen LogP contribution in [0.25, 0.3) is 0 Å². The van der Waals surface area contributed by atoms with Gasteiger partial charge < -0.3 is 5.73 Å². The SMILES string of the molecule is N=C(N)c1ccc(/N=N/Nc2cccc(C#Cc3ccc(F)cc3)c2)cc1. The number of anilines is 1. The summed E-state index contributed by atoms with van der Waals surface area (Å²) in [5.41, 5.74) is 11.8. The first kappa shape index (κ1) is 17.8. The number of halogens is 1. The Labute approximate surface area is 156 Å². The molecule has 3 aromatic carbocycles. The van der Waals surface area contributed by atoms with Gasteiger partial charge in [0.25, 0.3) is 0 Å². The number of hydrogen-bond acceptors (Lipinski definition) is 3. The highest BCUT2D eigenvalue weighted by molar-refractivity contribution is 5.95. The maximum Gasteiger partial charge on any atom is 0.123 e. The normalized spacial score (nSPS) is 10.3. The van der Waals surface area contributed by atoms with E-state index in [4.69, 9.17) is 11.1 Å². The molecule has 0 saturated carbocycles. The van der Waals surface area contributed by atoms with E-state index in [0.717, 1.165) is 16.8 Å². The summed E-state index contributed by atoms with van der Waals surface area (Å²) < 4.78 is 12.9. The van der Waals surface area contributed by atoms with Crippen LogP contribution in [0.2, 0.25) is 0 Å². The lowest BCUT2D eigenvalue weighted by atomic mass is 10.1. The van der Waals surface area contributed by atoms with Crippen LogP contribution in [0.3, 0.4) is 0 Å². The predicted molar refractivity (Wildman–Crippen MR) is 104 cm³/mol. The molecular weight excluding hydrogens is 341 g/mol. The van der Waals surface area contributed by atoms with E-state index in [1.165, 1.54) is 12.1 Å². The molecule has 0 atom stereocenters. The topological polar surface area (TPSA) is 86.6 Å². The molecular formula is C21H16FN5. The fourth-order valence-electron chi connectivity index (χ4n) is 2.19. The number of benzene rings is 3. The van der Waals surface area contributed by atoms with Gasteiger partial charge in [-0.25, -0.2) is 4.39 Å². The van der Waals surface area contributed by atoms with Crippen molar-refractivity contribution in [1.82, 2.24) is 0 Å². The Kier molecular flexibility index (Phi) is 5.55. The third-order valence-corrected chi connectivity index (χ3v) is 3.58. The predicted octanol–water partition coefficient (Wildman–Crippen LogP) is 4.62. The molecule has 27 heavy (non-hydrogen) atoms. The first-order valence-corrected chi connectivity index (χ1v) is 8.09. The first-order chi connectivity index (χ1) is 13.1. The molecule has 0 aliphatic carbocycles. The molecule has 132 valence electrons. The molecule has 0 unspecified atom stereocenters. The van der Waals surface area contributed by atoms with Gasteiger partial charge in [-0.05, 0) is 66.7 Å². The van der Waals surface area contributed by atoms with Crippen LogP contribution in [0, 0.1) is 23.1 Å². The van der Waals surface area contributed by atoms with Gasteiger partial charge in [0.1, 0.15) is 11.7 Å².